The van der Waals surface area contributed by atoms with Crippen LogP contribution in [0.2, 0.25) is 0 Å². The molecule has 9 nitrogen and oxygen atoms in total. The van der Waals surface area contributed by atoms with Crippen LogP contribution >= 0.6 is 0 Å². The predicted octanol–water partition coefficient (Wildman–Crippen LogP) is -0.288. The molecule has 3 amide bonds. The number of carbonyl (C=O) groups is 2. The summed E-state index contributed by atoms with van der Waals surface area (Å²) in [6, 6.07) is 4.11. The van der Waals surface area contributed by atoms with Crippen molar-refractivity contribution < 1.29 is 14.3 Å². The summed E-state index contributed by atoms with van der Waals surface area (Å²) in [5.74, 6) is -0.0662. The van der Waals surface area contributed by atoms with E-state index >= 15 is 0 Å². The van der Waals surface area contributed by atoms with Gasteiger partial charge < -0.3 is 19.4 Å². The normalized spacial score (nSPS) is 18.1. The summed E-state index contributed by atoms with van der Waals surface area (Å²) < 4.78 is 5.27. The summed E-state index contributed by atoms with van der Waals surface area (Å²) in [7, 11) is 0. The van der Waals surface area contributed by atoms with Crippen molar-refractivity contribution in [1.82, 2.24) is 19.6 Å². The third-order valence-electron chi connectivity index (χ3n) is 4.62. The largest absolute Gasteiger partial charge is 0.378 e. The van der Waals surface area contributed by atoms with Gasteiger partial charge in [0.2, 0.25) is 5.91 Å². The maximum Gasteiger partial charge on any atom is 0.320 e. The molecule has 0 saturated carbocycles. The first-order chi connectivity index (χ1) is 12.7. The van der Waals surface area contributed by atoms with E-state index in [-0.39, 0.29) is 31.3 Å². The van der Waals surface area contributed by atoms with Crippen molar-refractivity contribution in [3.63, 3.8) is 0 Å². The molecule has 0 aromatic rings. The summed E-state index contributed by atoms with van der Waals surface area (Å²) in [4.78, 5) is 32.2. The summed E-state index contributed by atoms with van der Waals surface area (Å²) in [6.45, 7) is 5.88. The number of nitriles is 2. The third kappa shape index (κ3) is 5.87. The van der Waals surface area contributed by atoms with Gasteiger partial charge in [-0.3, -0.25) is 9.69 Å². The van der Waals surface area contributed by atoms with Gasteiger partial charge in [0.1, 0.15) is 0 Å². The van der Waals surface area contributed by atoms with Gasteiger partial charge in [0.05, 0.1) is 44.7 Å². The van der Waals surface area contributed by atoms with E-state index in [4.69, 9.17) is 15.3 Å². The van der Waals surface area contributed by atoms with Crippen molar-refractivity contribution in [3.05, 3.63) is 0 Å². The third-order valence-corrected chi connectivity index (χ3v) is 4.62. The highest BCUT2D eigenvalue weighted by atomic mass is 16.5. The van der Waals surface area contributed by atoms with Crippen LogP contribution in [0.25, 0.3) is 0 Å². The maximum absolute atomic E-state index is 12.5. The Labute approximate surface area is 154 Å². The minimum Gasteiger partial charge on any atom is -0.378 e. The van der Waals surface area contributed by atoms with E-state index in [0.717, 1.165) is 0 Å². The molecule has 0 radical (unpaired) electrons. The molecule has 0 aromatic heterocycles. The lowest BCUT2D eigenvalue weighted by atomic mass is 10.3. The molecule has 0 N–H and O–H groups in total. The SMILES string of the molecule is N#CCCN(CCC#N)C(=O)CN1CCN(C(=O)N2CCOCC2)CC1. The fourth-order valence-electron chi connectivity index (χ4n) is 3.07. The molecule has 2 aliphatic rings. The highest BCUT2D eigenvalue weighted by molar-refractivity contribution is 5.78. The van der Waals surface area contributed by atoms with E-state index in [0.29, 0.717) is 65.6 Å². The highest BCUT2D eigenvalue weighted by Crippen LogP contribution is 2.08. The van der Waals surface area contributed by atoms with E-state index in [1.165, 1.54) is 0 Å². The van der Waals surface area contributed by atoms with Crippen LogP contribution in [0.5, 0.6) is 0 Å². The molecule has 2 saturated heterocycles. The summed E-state index contributed by atoms with van der Waals surface area (Å²) in [6.07, 6.45) is 0.526. The molecule has 0 bridgehead atoms. The lowest BCUT2D eigenvalue weighted by molar-refractivity contribution is -0.132. The fraction of sp³-hybridized carbons (Fsp3) is 0.765. The number of urea groups is 1. The Kier molecular flexibility index (Phi) is 8.13. The van der Waals surface area contributed by atoms with Gasteiger partial charge >= 0.3 is 6.03 Å². The fourth-order valence-corrected chi connectivity index (χ4v) is 3.07. The van der Waals surface area contributed by atoms with Crippen LogP contribution in [-0.2, 0) is 9.53 Å². The Morgan fingerprint density at radius 3 is 1.96 bits per heavy atom. The Morgan fingerprint density at radius 2 is 1.42 bits per heavy atom. The molecule has 142 valence electrons. The van der Waals surface area contributed by atoms with Gasteiger partial charge in [0.25, 0.3) is 0 Å². The van der Waals surface area contributed by atoms with Gasteiger partial charge in [0, 0.05) is 52.4 Å². The number of nitrogens with zero attached hydrogens (tertiary/aromatic N) is 6. The molecule has 0 atom stereocenters. The molecule has 0 spiro atoms. The van der Waals surface area contributed by atoms with E-state index in [1.807, 2.05) is 26.8 Å². The molecule has 26 heavy (non-hydrogen) atoms. The second-order valence-electron chi connectivity index (χ2n) is 6.34. The van der Waals surface area contributed by atoms with Crippen molar-refractivity contribution in [2.24, 2.45) is 0 Å². The number of morpholine rings is 1. The van der Waals surface area contributed by atoms with Gasteiger partial charge in [-0.15, -0.1) is 0 Å². The average molecular weight is 362 g/mol. The predicted molar refractivity (Wildman–Crippen MR) is 92.8 cm³/mol. The molecule has 0 aromatic carbocycles. The zero-order valence-electron chi connectivity index (χ0n) is 15.1. The minimum absolute atomic E-state index is 0.0453. The first kappa shape index (κ1) is 20.0. The highest BCUT2D eigenvalue weighted by Gasteiger charge is 2.27. The van der Waals surface area contributed by atoms with Gasteiger partial charge in [0.15, 0.2) is 0 Å². The number of amides is 3. The smallest absolute Gasteiger partial charge is 0.320 e. The van der Waals surface area contributed by atoms with Gasteiger partial charge in [-0.25, -0.2) is 4.79 Å². The quantitative estimate of drug-likeness (QED) is 0.643. The lowest BCUT2D eigenvalue weighted by Crippen LogP contribution is -2.56. The molecular formula is C17H26N6O3. The Morgan fingerprint density at radius 1 is 0.885 bits per heavy atom. The van der Waals surface area contributed by atoms with E-state index in [2.05, 4.69) is 0 Å². The van der Waals surface area contributed by atoms with Crippen molar-refractivity contribution in [3.8, 4) is 12.1 Å². The number of ether oxygens (including phenoxy) is 1. The summed E-state index contributed by atoms with van der Waals surface area (Å²) in [5, 5.41) is 17.4. The average Bonchev–Trinajstić information content (AvgIpc) is 2.68. The van der Waals surface area contributed by atoms with Crippen molar-refractivity contribution in [2.45, 2.75) is 12.8 Å². The van der Waals surface area contributed by atoms with Gasteiger partial charge in [-0.2, -0.15) is 10.5 Å². The maximum atomic E-state index is 12.5. The monoisotopic (exact) mass is 362 g/mol. The van der Waals surface area contributed by atoms with Crippen LogP contribution in [0, 0.1) is 22.7 Å². The van der Waals surface area contributed by atoms with Crippen molar-refractivity contribution in [2.75, 3.05) is 72.1 Å². The van der Waals surface area contributed by atoms with Crippen LogP contribution in [0.4, 0.5) is 4.79 Å². The van der Waals surface area contributed by atoms with Crippen molar-refractivity contribution in [1.29, 1.82) is 10.5 Å². The zero-order valence-corrected chi connectivity index (χ0v) is 15.1. The lowest BCUT2D eigenvalue weighted by Gasteiger charge is -2.38. The zero-order chi connectivity index (χ0) is 18.8. The first-order valence-electron chi connectivity index (χ1n) is 9.01. The number of piperazine rings is 1. The Balaban J connectivity index is 1.77. The van der Waals surface area contributed by atoms with Crippen LogP contribution in [0.3, 0.4) is 0 Å². The molecule has 2 rings (SSSR count). The minimum atomic E-state index is -0.0662. The summed E-state index contributed by atoms with van der Waals surface area (Å²) in [5.41, 5.74) is 0. The van der Waals surface area contributed by atoms with Crippen molar-refractivity contribution >= 4 is 11.9 Å². The molecule has 2 heterocycles. The van der Waals surface area contributed by atoms with E-state index in [9.17, 15) is 9.59 Å². The second-order valence-corrected chi connectivity index (χ2v) is 6.34. The van der Waals surface area contributed by atoms with E-state index in [1.54, 1.807) is 4.90 Å². The van der Waals surface area contributed by atoms with Crippen LogP contribution in [0.15, 0.2) is 0 Å². The topological polar surface area (TPSA) is 104 Å². The second kappa shape index (κ2) is 10.6. The van der Waals surface area contributed by atoms with Crippen LogP contribution in [-0.4, -0.2) is 104 Å². The van der Waals surface area contributed by atoms with Crippen LogP contribution in [0.1, 0.15) is 12.8 Å². The molecule has 9 heteroatoms. The molecule has 2 aliphatic heterocycles. The number of rotatable bonds is 6. The Bertz CT molecular complexity index is 538. The van der Waals surface area contributed by atoms with E-state index < -0.39 is 0 Å². The molecule has 0 aliphatic carbocycles. The van der Waals surface area contributed by atoms with Gasteiger partial charge in [-0.05, 0) is 0 Å². The molecular weight excluding hydrogens is 336 g/mol. The number of hydrogen-bond donors (Lipinski definition) is 0. The van der Waals surface area contributed by atoms with Gasteiger partial charge in [-0.1, -0.05) is 0 Å². The van der Waals surface area contributed by atoms with Crippen LogP contribution < -0.4 is 0 Å². The number of carbonyl (C=O) groups excluding carboxylic acids is 2. The molecule has 2 fully saturated rings. The Hall–Kier alpha value is -2.36. The summed E-state index contributed by atoms with van der Waals surface area (Å²) >= 11 is 0. The number of hydrogen-bond acceptors (Lipinski definition) is 6. The first-order valence-corrected chi connectivity index (χ1v) is 9.01. The standard InChI is InChI=1S/C17H26N6O3/c18-3-1-5-21(6-2-4-19)16(24)15-20-7-9-22(10-8-20)17(25)23-11-13-26-14-12-23/h1-2,5-15H2. The molecule has 0 unspecified atom stereocenters.